The van der Waals surface area contributed by atoms with Crippen LogP contribution in [0, 0.1) is 20.8 Å². The van der Waals surface area contributed by atoms with Crippen molar-refractivity contribution in [1.29, 1.82) is 0 Å². The standard InChI is InChI=1S/C31H39N3O4S/c1-6-18-32-31(36)28(7-2)33(21-26-13-11-12-23(3)19-26)30(35)22-34(29-20-24(4)16-17-25(29)5)39(37,38)27-14-9-8-10-15-27/h8-17,19-20,28H,6-7,18,21-22H2,1-5H3,(H,32,36)/t28-/m0/s1. The molecular formula is C31H39N3O4S. The Hall–Kier alpha value is -3.65. The Morgan fingerprint density at radius 2 is 1.56 bits per heavy atom. The van der Waals surface area contributed by atoms with Gasteiger partial charge in [-0.2, -0.15) is 0 Å². The summed E-state index contributed by atoms with van der Waals surface area (Å²) in [5, 5.41) is 2.91. The van der Waals surface area contributed by atoms with Gasteiger partial charge in [-0.25, -0.2) is 8.42 Å². The van der Waals surface area contributed by atoms with Crippen molar-refractivity contribution in [2.75, 3.05) is 17.4 Å². The van der Waals surface area contributed by atoms with Crippen molar-refractivity contribution in [2.45, 2.75) is 64.9 Å². The van der Waals surface area contributed by atoms with E-state index >= 15 is 0 Å². The molecule has 7 nitrogen and oxygen atoms in total. The van der Waals surface area contributed by atoms with Crippen LogP contribution in [0.4, 0.5) is 5.69 Å². The zero-order chi connectivity index (χ0) is 28.6. The molecule has 3 aromatic carbocycles. The molecule has 0 bridgehead atoms. The van der Waals surface area contributed by atoms with Crippen molar-refractivity contribution in [3.63, 3.8) is 0 Å². The summed E-state index contributed by atoms with van der Waals surface area (Å²) in [5.41, 5.74) is 3.94. The number of rotatable bonds is 12. The molecule has 8 heteroatoms. The van der Waals surface area contributed by atoms with Gasteiger partial charge in [0.1, 0.15) is 12.6 Å². The minimum atomic E-state index is -4.08. The van der Waals surface area contributed by atoms with Crippen LogP contribution in [0.15, 0.2) is 77.7 Å². The number of benzene rings is 3. The van der Waals surface area contributed by atoms with E-state index in [1.807, 2.05) is 71.0 Å². The highest BCUT2D eigenvalue weighted by molar-refractivity contribution is 7.92. The number of hydrogen-bond acceptors (Lipinski definition) is 4. The molecule has 0 aliphatic rings. The molecule has 0 radical (unpaired) electrons. The van der Waals surface area contributed by atoms with Crippen molar-refractivity contribution in [2.24, 2.45) is 0 Å². The number of carbonyl (C=O) groups excluding carboxylic acids is 2. The van der Waals surface area contributed by atoms with Gasteiger partial charge in [0.2, 0.25) is 11.8 Å². The molecule has 2 amide bonds. The van der Waals surface area contributed by atoms with E-state index in [1.54, 1.807) is 24.3 Å². The van der Waals surface area contributed by atoms with Gasteiger partial charge in [0.15, 0.2) is 0 Å². The van der Waals surface area contributed by atoms with Crippen LogP contribution in [0.2, 0.25) is 0 Å². The van der Waals surface area contributed by atoms with Crippen LogP contribution in [0.5, 0.6) is 0 Å². The van der Waals surface area contributed by atoms with Crippen LogP contribution in [-0.2, 0) is 26.2 Å². The van der Waals surface area contributed by atoms with Crippen LogP contribution in [0.25, 0.3) is 0 Å². The first kappa shape index (κ1) is 29.9. The summed E-state index contributed by atoms with van der Waals surface area (Å²) in [6, 6.07) is 20.7. The fourth-order valence-corrected chi connectivity index (χ4v) is 6.01. The van der Waals surface area contributed by atoms with E-state index in [-0.39, 0.29) is 17.3 Å². The van der Waals surface area contributed by atoms with Gasteiger partial charge in [-0.1, -0.05) is 74.0 Å². The molecule has 1 atom stereocenters. The molecule has 0 aliphatic carbocycles. The second-order valence-corrected chi connectivity index (χ2v) is 11.7. The first-order valence-electron chi connectivity index (χ1n) is 13.4. The molecule has 0 saturated heterocycles. The van der Waals surface area contributed by atoms with E-state index in [2.05, 4.69) is 5.32 Å². The largest absolute Gasteiger partial charge is 0.354 e. The Balaban J connectivity index is 2.08. The molecule has 0 saturated carbocycles. The average Bonchev–Trinajstić information content (AvgIpc) is 2.92. The smallest absolute Gasteiger partial charge is 0.264 e. The lowest BCUT2D eigenvalue weighted by atomic mass is 10.1. The summed E-state index contributed by atoms with van der Waals surface area (Å²) in [6.45, 7) is 9.74. The zero-order valence-corrected chi connectivity index (χ0v) is 24.3. The lowest BCUT2D eigenvalue weighted by Crippen LogP contribution is -2.52. The Bertz CT molecular complexity index is 1390. The quantitative estimate of drug-likeness (QED) is 0.339. The summed E-state index contributed by atoms with van der Waals surface area (Å²) in [5.74, 6) is -0.694. The van der Waals surface area contributed by atoms with Crippen LogP contribution in [-0.4, -0.2) is 44.3 Å². The fraction of sp³-hybridized carbons (Fsp3) is 0.355. The third-order valence-electron chi connectivity index (χ3n) is 6.61. The van der Waals surface area contributed by atoms with E-state index in [0.29, 0.717) is 18.7 Å². The monoisotopic (exact) mass is 549 g/mol. The molecule has 0 aliphatic heterocycles. The van der Waals surface area contributed by atoms with E-state index in [1.165, 1.54) is 21.3 Å². The van der Waals surface area contributed by atoms with Crippen LogP contribution >= 0.6 is 0 Å². The lowest BCUT2D eigenvalue weighted by molar-refractivity contribution is -0.140. The highest BCUT2D eigenvalue weighted by Gasteiger charge is 2.34. The van der Waals surface area contributed by atoms with Crippen molar-refractivity contribution in [3.8, 4) is 0 Å². The summed E-state index contributed by atoms with van der Waals surface area (Å²) in [6.07, 6.45) is 1.16. The maximum Gasteiger partial charge on any atom is 0.264 e. The number of aryl methyl sites for hydroxylation is 3. The molecule has 0 heterocycles. The number of nitrogens with one attached hydrogen (secondary N) is 1. The number of amides is 2. The normalized spacial score (nSPS) is 12.0. The Morgan fingerprint density at radius 1 is 0.872 bits per heavy atom. The lowest BCUT2D eigenvalue weighted by Gasteiger charge is -2.33. The van der Waals surface area contributed by atoms with E-state index in [9.17, 15) is 18.0 Å². The number of hydrogen-bond donors (Lipinski definition) is 1. The topological polar surface area (TPSA) is 86.8 Å². The van der Waals surface area contributed by atoms with Gasteiger partial charge in [0.05, 0.1) is 10.6 Å². The van der Waals surface area contributed by atoms with Gasteiger partial charge < -0.3 is 10.2 Å². The highest BCUT2D eigenvalue weighted by Crippen LogP contribution is 2.28. The van der Waals surface area contributed by atoms with Crippen LogP contribution in [0.3, 0.4) is 0 Å². The molecule has 1 N–H and O–H groups in total. The average molecular weight is 550 g/mol. The van der Waals surface area contributed by atoms with Crippen molar-refractivity contribution < 1.29 is 18.0 Å². The second-order valence-electron chi connectivity index (χ2n) is 9.84. The van der Waals surface area contributed by atoms with Crippen molar-refractivity contribution in [1.82, 2.24) is 10.2 Å². The summed E-state index contributed by atoms with van der Waals surface area (Å²) >= 11 is 0. The van der Waals surface area contributed by atoms with E-state index < -0.39 is 28.5 Å². The number of sulfonamides is 1. The minimum Gasteiger partial charge on any atom is -0.354 e. The predicted molar refractivity (Wildman–Crippen MR) is 156 cm³/mol. The van der Waals surface area contributed by atoms with E-state index in [0.717, 1.165) is 28.7 Å². The molecule has 3 aromatic rings. The first-order valence-corrected chi connectivity index (χ1v) is 14.8. The van der Waals surface area contributed by atoms with Gasteiger partial charge in [0.25, 0.3) is 10.0 Å². The van der Waals surface area contributed by atoms with E-state index in [4.69, 9.17) is 0 Å². The summed E-state index contributed by atoms with van der Waals surface area (Å²) < 4.78 is 29.1. The minimum absolute atomic E-state index is 0.0941. The molecule has 3 rings (SSSR count). The third kappa shape index (κ3) is 7.47. The van der Waals surface area contributed by atoms with Gasteiger partial charge in [-0.15, -0.1) is 0 Å². The van der Waals surface area contributed by atoms with Gasteiger partial charge >= 0.3 is 0 Å². The summed E-state index contributed by atoms with van der Waals surface area (Å²) in [7, 11) is -4.08. The third-order valence-corrected chi connectivity index (χ3v) is 8.39. The second kappa shape index (κ2) is 13.4. The Morgan fingerprint density at radius 3 is 2.21 bits per heavy atom. The molecule has 0 spiro atoms. The van der Waals surface area contributed by atoms with Crippen molar-refractivity contribution in [3.05, 3.63) is 95.1 Å². The predicted octanol–water partition coefficient (Wildman–Crippen LogP) is 5.14. The SMILES string of the molecule is CCCNC(=O)[C@H](CC)N(Cc1cccc(C)c1)C(=O)CN(c1cc(C)ccc1C)S(=O)(=O)c1ccccc1. The number of nitrogens with zero attached hydrogens (tertiary/aromatic N) is 2. The van der Waals surface area contributed by atoms with Gasteiger partial charge in [-0.3, -0.25) is 13.9 Å². The van der Waals surface area contributed by atoms with Gasteiger partial charge in [0, 0.05) is 13.1 Å². The molecule has 0 unspecified atom stereocenters. The molecule has 0 aromatic heterocycles. The number of anilines is 1. The fourth-order valence-electron chi connectivity index (χ4n) is 4.51. The van der Waals surface area contributed by atoms with Crippen LogP contribution < -0.4 is 9.62 Å². The Labute approximate surface area is 232 Å². The van der Waals surface area contributed by atoms with Crippen LogP contribution in [0.1, 0.15) is 48.9 Å². The zero-order valence-electron chi connectivity index (χ0n) is 23.5. The molecule has 0 fully saturated rings. The molecule has 208 valence electrons. The van der Waals surface area contributed by atoms with Crippen molar-refractivity contribution >= 4 is 27.5 Å². The maximum atomic E-state index is 14.1. The highest BCUT2D eigenvalue weighted by atomic mass is 32.2. The molecular weight excluding hydrogens is 510 g/mol. The maximum absolute atomic E-state index is 14.1. The first-order chi connectivity index (χ1) is 18.6. The molecule has 39 heavy (non-hydrogen) atoms. The van der Waals surface area contributed by atoms with Gasteiger partial charge in [-0.05, 0) is 68.5 Å². The Kier molecular flexibility index (Phi) is 10.3. The summed E-state index contributed by atoms with van der Waals surface area (Å²) in [4.78, 5) is 28.9. The number of carbonyl (C=O) groups is 2.